The molecular weight excluding hydrogens is 456 g/mol. The van der Waals surface area contributed by atoms with Crippen LogP contribution in [0.5, 0.6) is 11.5 Å². The molecule has 0 fully saturated rings. The van der Waals surface area contributed by atoms with E-state index in [-0.39, 0.29) is 12.5 Å². The summed E-state index contributed by atoms with van der Waals surface area (Å²) in [6, 6.07) is 15.5. The molecule has 0 radical (unpaired) electrons. The number of rotatable bonds is 3. The monoisotopic (exact) mass is 486 g/mol. The molecule has 2 aromatic carbocycles. The highest BCUT2D eigenvalue weighted by Gasteiger charge is 2.17. The van der Waals surface area contributed by atoms with Gasteiger partial charge in [-0.2, -0.15) is 0 Å². The summed E-state index contributed by atoms with van der Waals surface area (Å²) in [7, 11) is 3.88. The van der Waals surface area contributed by atoms with E-state index in [1.807, 2.05) is 61.8 Å². The second kappa shape index (κ2) is 10.7. The van der Waals surface area contributed by atoms with Crippen molar-refractivity contribution in [1.29, 1.82) is 0 Å². The van der Waals surface area contributed by atoms with E-state index in [9.17, 15) is 4.79 Å². The molecular formula is C27H30N6O3. The first-order valence-corrected chi connectivity index (χ1v) is 12.0. The molecule has 9 heteroatoms. The van der Waals surface area contributed by atoms with Crippen molar-refractivity contribution in [2.45, 2.75) is 19.6 Å². The molecule has 0 saturated carbocycles. The van der Waals surface area contributed by atoms with Crippen LogP contribution in [0.1, 0.15) is 17.5 Å². The van der Waals surface area contributed by atoms with Crippen LogP contribution in [0.3, 0.4) is 0 Å². The summed E-state index contributed by atoms with van der Waals surface area (Å²) in [5.74, 6) is 1.68. The molecule has 0 spiro atoms. The van der Waals surface area contributed by atoms with Crippen LogP contribution >= 0.6 is 0 Å². The van der Waals surface area contributed by atoms with E-state index in [2.05, 4.69) is 32.2 Å². The van der Waals surface area contributed by atoms with E-state index in [1.54, 1.807) is 4.90 Å². The average Bonchev–Trinajstić information content (AvgIpc) is 3.30. The first-order chi connectivity index (χ1) is 17.6. The third-order valence-corrected chi connectivity index (χ3v) is 6.25. The minimum absolute atomic E-state index is 0.0722. The lowest BCUT2D eigenvalue weighted by molar-refractivity contribution is -0.132. The average molecular weight is 487 g/mol. The Hall–Kier alpha value is -4.11. The van der Waals surface area contributed by atoms with E-state index in [0.717, 1.165) is 47.4 Å². The molecule has 1 aliphatic heterocycles. The van der Waals surface area contributed by atoms with Gasteiger partial charge in [0.05, 0.1) is 5.39 Å². The molecule has 2 bridgehead atoms. The van der Waals surface area contributed by atoms with Gasteiger partial charge in [0.25, 0.3) is 5.91 Å². The van der Waals surface area contributed by atoms with Crippen molar-refractivity contribution in [2.75, 3.05) is 39.1 Å². The fourth-order valence-corrected chi connectivity index (χ4v) is 4.26. The van der Waals surface area contributed by atoms with Crippen molar-refractivity contribution in [1.82, 2.24) is 24.8 Å². The molecule has 4 aromatic rings. The number of benzene rings is 2. The van der Waals surface area contributed by atoms with Gasteiger partial charge in [-0.15, -0.1) is 0 Å². The Kier molecular flexibility index (Phi) is 6.99. The molecule has 1 aliphatic rings. The lowest BCUT2D eigenvalue weighted by Gasteiger charge is -2.22. The van der Waals surface area contributed by atoms with Crippen molar-refractivity contribution in [3.05, 3.63) is 72.2 Å². The first kappa shape index (κ1) is 23.6. The van der Waals surface area contributed by atoms with Crippen molar-refractivity contribution >= 4 is 28.4 Å². The molecule has 0 unspecified atom stereocenters. The molecule has 3 heterocycles. The number of hydrogen-bond donors (Lipinski definition) is 2. The number of amides is 1. The fourth-order valence-electron chi connectivity index (χ4n) is 4.26. The summed E-state index contributed by atoms with van der Waals surface area (Å²) in [4.78, 5) is 28.9. The summed E-state index contributed by atoms with van der Waals surface area (Å²) in [5.41, 5.74) is 3.70. The number of nitrogens with one attached hydrogen (secondary N) is 2. The highest BCUT2D eigenvalue weighted by molar-refractivity contribution is 5.92. The molecule has 9 nitrogen and oxygen atoms in total. The van der Waals surface area contributed by atoms with Gasteiger partial charge in [-0.25, -0.2) is 9.97 Å². The number of carbonyl (C=O) groups is 1. The molecule has 0 aliphatic carbocycles. The second-order valence-electron chi connectivity index (χ2n) is 9.02. The highest BCUT2D eigenvalue weighted by Crippen LogP contribution is 2.34. The Morgan fingerprint density at radius 3 is 2.81 bits per heavy atom. The summed E-state index contributed by atoms with van der Waals surface area (Å²) >= 11 is 0. The van der Waals surface area contributed by atoms with Gasteiger partial charge in [0.1, 0.15) is 24.4 Å². The number of anilines is 2. The highest BCUT2D eigenvalue weighted by atomic mass is 16.5. The van der Waals surface area contributed by atoms with Crippen molar-refractivity contribution < 1.29 is 14.3 Å². The second-order valence-corrected chi connectivity index (χ2v) is 9.02. The standard InChI is InChI=1S/C27H30N6O3/c1-32-11-6-12-33(2)24(34)17-36-23-13-21(9-10-22(23)35-16-19-7-4-3-5-8-19)31-27-25-20(15-32)14-28-26(25)29-18-30-27/h3-5,7-10,13-14,18H,6,11-12,15-17H2,1-2H3,(H2,28,29,30,31). The molecule has 1 amide bonds. The van der Waals surface area contributed by atoms with Gasteiger partial charge in [-0.05, 0) is 43.3 Å². The van der Waals surface area contributed by atoms with Gasteiger partial charge in [-0.1, -0.05) is 30.3 Å². The number of aromatic nitrogens is 3. The topological polar surface area (TPSA) is 95.6 Å². The van der Waals surface area contributed by atoms with Gasteiger partial charge in [0.2, 0.25) is 0 Å². The van der Waals surface area contributed by atoms with Crippen LogP contribution in [0.25, 0.3) is 11.0 Å². The van der Waals surface area contributed by atoms with Gasteiger partial charge in [0.15, 0.2) is 18.1 Å². The van der Waals surface area contributed by atoms with E-state index >= 15 is 0 Å². The number of ether oxygens (including phenoxy) is 2. The van der Waals surface area contributed by atoms with Crippen LogP contribution in [-0.4, -0.2) is 64.5 Å². The maximum Gasteiger partial charge on any atom is 0.260 e. The van der Waals surface area contributed by atoms with Crippen molar-refractivity contribution in [3.8, 4) is 11.5 Å². The van der Waals surface area contributed by atoms with Crippen LogP contribution in [0.15, 0.2) is 61.1 Å². The number of likely N-dealkylation sites (N-methyl/N-ethyl adjacent to an activating group) is 1. The summed E-state index contributed by atoms with van der Waals surface area (Å²) in [5, 5.41) is 4.36. The largest absolute Gasteiger partial charge is 0.485 e. The van der Waals surface area contributed by atoms with Crippen molar-refractivity contribution in [3.63, 3.8) is 0 Å². The number of hydrogen-bond acceptors (Lipinski definition) is 7. The Bertz CT molecular complexity index is 1340. The van der Waals surface area contributed by atoms with Crippen molar-refractivity contribution in [2.24, 2.45) is 0 Å². The van der Waals surface area contributed by atoms with Crippen LogP contribution in [0.4, 0.5) is 11.5 Å². The predicted molar refractivity (Wildman–Crippen MR) is 138 cm³/mol. The molecule has 2 aromatic heterocycles. The van der Waals surface area contributed by atoms with Gasteiger partial charge in [-0.3, -0.25) is 4.79 Å². The van der Waals surface area contributed by atoms with E-state index in [0.29, 0.717) is 30.5 Å². The zero-order valence-corrected chi connectivity index (χ0v) is 20.5. The normalized spacial score (nSPS) is 15.4. The van der Waals surface area contributed by atoms with Gasteiger partial charge < -0.3 is 29.6 Å². The van der Waals surface area contributed by atoms with Crippen LogP contribution in [-0.2, 0) is 17.9 Å². The number of fused-ring (bicyclic) bond motifs is 2. The van der Waals surface area contributed by atoms with Gasteiger partial charge in [0, 0.05) is 38.1 Å². The Morgan fingerprint density at radius 1 is 1.08 bits per heavy atom. The molecule has 5 rings (SSSR count). The fraction of sp³-hybridized carbons (Fsp3) is 0.296. The lowest BCUT2D eigenvalue weighted by Crippen LogP contribution is -2.33. The molecule has 0 saturated heterocycles. The van der Waals surface area contributed by atoms with Crippen LogP contribution in [0.2, 0.25) is 0 Å². The van der Waals surface area contributed by atoms with E-state index in [4.69, 9.17) is 9.47 Å². The minimum Gasteiger partial charge on any atom is -0.485 e. The zero-order valence-electron chi connectivity index (χ0n) is 20.5. The van der Waals surface area contributed by atoms with Gasteiger partial charge >= 0.3 is 0 Å². The maximum absolute atomic E-state index is 12.7. The zero-order chi connectivity index (χ0) is 24.9. The van der Waals surface area contributed by atoms with E-state index < -0.39 is 0 Å². The third kappa shape index (κ3) is 5.41. The number of aromatic amines is 1. The third-order valence-electron chi connectivity index (χ3n) is 6.25. The SMILES string of the molecule is CN1CCCN(C)C(=O)COc2cc(ccc2OCc2ccccc2)Nc2ncnc3[nH]cc(c23)C1. The quantitative estimate of drug-likeness (QED) is 0.453. The number of carbonyl (C=O) groups excluding carboxylic acids is 1. The molecule has 36 heavy (non-hydrogen) atoms. The molecule has 0 atom stereocenters. The summed E-state index contributed by atoms with van der Waals surface area (Å²) < 4.78 is 12.1. The van der Waals surface area contributed by atoms with E-state index in [1.165, 1.54) is 6.33 Å². The summed E-state index contributed by atoms with van der Waals surface area (Å²) in [6.45, 7) is 2.55. The smallest absolute Gasteiger partial charge is 0.260 e. The van der Waals surface area contributed by atoms with Crippen LogP contribution < -0.4 is 14.8 Å². The Labute approximate surface area is 210 Å². The number of nitrogens with zero attached hydrogens (tertiary/aromatic N) is 4. The lowest BCUT2D eigenvalue weighted by atomic mass is 10.2. The first-order valence-electron chi connectivity index (χ1n) is 12.0. The summed E-state index contributed by atoms with van der Waals surface area (Å²) in [6.07, 6.45) is 4.37. The number of H-pyrrole nitrogens is 1. The minimum atomic E-state index is -0.0810. The predicted octanol–water partition coefficient (Wildman–Crippen LogP) is 3.95. The Balaban J connectivity index is 1.48. The molecule has 186 valence electrons. The molecule has 2 N–H and O–H groups in total. The maximum atomic E-state index is 12.7. The van der Waals surface area contributed by atoms with Crippen LogP contribution in [0, 0.1) is 0 Å². The Morgan fingerprint density at radius 2 is 1.94 bits per heavy atom.